The van der Waals surface area contributed by atoms with E-state index in [9.17, 15) is 22.8 Å². The van der Waals surface area contributed by atoms with E-state index in [4.69, 9.17) is 0 Å². The van der Waals surface area contributed by atoms with Crippen LogP contribution in [0.4, 0.5) is 18.0 Å². The summed E-state index contributed by atoms with van der Waals surface area (Å²) >= 11 is 0. The van der Waals surface area contributed by atoms with E-state index in [2.05, 4.69) is 10.6 Å². The van der Waals surface area contributed by atoms with Crippen LogP contribution in [0.1, 0.15) is 19.8 Å². The van der Waals surface area contributed by atoms with Gasteiger partial charge in [0.05, 0.1) is 6.54 Å². The number of hydrogen-bond acceptors (Lipinski definition) is 3. The van der Waals surface area contributed by atoms with Crippen molar-refractivity contribution in [3.63, 3.8) is 0 Å². The first-order valence-electron chi connectivity index (χ1n) is 6.13. The highest BCUT2D eigenvalue weighted by Gasteiger charge is 2.49. The van der Waals surface area contributed by atoms with Crippen molar-refractivity contribution in [1.29, 1.82) is 0 Å². The Morgan fingerprint density at radius 2 is 2.11 bits per heavy atom. The zero-order valence-corrected chi connectivity index (χ0v) is 10.5. The fraction of sp³-hybridized carbons (Fsp3) is 0.818. The molecule has 0 spiro atoms. The molecule has 2 aliphatic heterocycles. The van der Waals surface area contributed by atoms with Gasteiger partial charge in [-0.25, -0.2) is 4.79 Å². The summed E-state index contributed by atoms with van der Waals surface area (Å²) in [5.41, 5.74) is -1.11. The normalized spacial score (nSPS) is 33.2. The van der Waals surface area contributed by atoms with Crippen LogP contribution in [-0.2, 0) is 4.79 Å². The molecule has 0 aromatic carbocycles. The van der Waals surface area contributed by atoms with Gasteiger partial charge in [0.1, 0.15) is 5.54 Å². The maximum absolute atomic E-state index is 12.4. The minimum Gasteiger partial charge on any atom is -0.323 e. The Labute approximate surface area is 108 Å². The van der Waals surface area contributed by atoms with Crippen molar-refractivity contribution in [3.05, 3.63) is 0 Å². The van der Waals surface area contributed by atoms with Gasteiger partial charge in [0.25, 0.3) is 5.91 Å². The van der Waals surface area contributed by atoms with Crippen LogP contribution in [-0.4, -0.2) is 48.2 Å². The van der Waals surface area contributed by atoms with Crippen LogP contribution in [0.3, 0.4) is 0 Å². The number of rotatable bonds is 2. The number of urea groups is 1. The van der Waals surface area contributed by atoms with Gasteiger partial charge in [-0.1, -0.05) is 0 Å². The summed E-state index contributed by atoms with van der Waals surface area (Å²) in [5.74, 6) is -0.772. The average molecular weight is 279 g/mol. The molecule has 2 heterocycles. The molecule has 0 saturated carbocycles. The molecule has 2 saturated heterocycles. The molecule has 3 amide bonds. The topological polar surface area (TPSA) is 61.4 Å². The van der Waals surface area contributed by atoms with Crippen molar-refractivity contribution >= 4 is 11.9 Å². The van der Waals surface area contributed by atoms with E-state index >= 15 is 0 Å². The third-order valence-electron chi connectivity index (χ3n) is 3.80. The molecule has 2 atom stereocenters. The third kappa shape index (κ3) is 2.99. The molecule has 5 nitrogen and oxygen atoms in total. The predicted octanol–water partition coefficient (Wildman–Crippen LogP) is 0.859. The summed E-state index contributed by atoms with van der Waals surface area (Å²) in [7, 11) is 0. The second-order valence-electron chi connectivity index (χ2n) is 5.30. The number of likely N-dealkylation sites (tertiary alicyclic amines) is 1. The zero-order chi connectivity index (χ0) is 14.3. The lowest BCUT2D eigenvalue weighted by Gasteiger charge is -2.39. The molecule has 0 aromatic rings. The molecular formula is C11H16F3N3O2. The van der Waals surface area contributed by atoms with Crippen molar-refractivity contribution in [2.75, 3.05) is 19.6 Å². The van der Waals surface area contributed by atoms with Gasteiger partial charge in [0.15, 0.2) is 0 Å². The van der Waals surface area contributed by atoms with Crippen molar-refractivity contribution in [1.82, 2.24) is 15.5 Å². The fourth-order valence-electron chi connectivity index (χ4n) is 2.77. The Hall–Kier alpha value is -1.31. The summed E-state index contributed by atoms with van der Waals surface area (Å²) < 4.78 is 37.2. The molecular weight excluding hydrogens is 263 g/mol. The molecule has 2 unspecified atom stereocenters. The molecule has 2 N–H and O–H groups in total. The molecule has 0 aromatic heterocycles. The number of nitrogens with zero attached hydrogens (tertiary/aromatic N) is 1. The quantitative estimate of drug-likeness (QED) is 0.737. The van der Waals surface area contributed by atoms with E-state index in [-0.39, 0.29) is 12.5 Å². The van der Waals surface area contributed by atoms with Crippen molar-refractivity contribution in [2.45, 2.75) is 31.5 Å². The largest absolute Gasteiger partial charge is 0.401 e. The summed E-state index contributed by atoms with van der Waals surface area (Å²) in [6, 6.07) is -0.583. The number of carbonyl (C=O) groups excluding carboxylic acids is 2. The predicted molar refractivity (Wildman–Crippen MR) is 60.3 cm³/mol. The van der Waals surface area contributed by atoms with E-state index in [1.165, 1.54) is 4.90 Å². The lowest BCUT2D eigenvalue weighted by atomic mass is 9.80. The van der Waals surface area contributed by atoms with Crippen LogP contribution in [0, 0.1) is 5.92 Å². The second kappa shape index (κ2) is 4.66. The highest BCUT2D eigenvalue weighted by Crippen LogP contribution is 2.31. The molecule has 8 heteroatoms. The minimum absolute atomic E-state index is 0.156. The van der Waals surface area contributed by atoms with Crippen LogP contribution in [0.25, 0.3) is 0 Å². The zero-order valence-electron chi connectivity index (χ0n) is 10.5. The van der Waals surface area contributed by atoms with E-state index in [1.54, 1.807) is 6.92 Å². The summed E-state index contributed by atoms with van der Waals surface area (Å²) in [4.78, 5) is 24.2. The monoisotopic (exact) mass is 279 g/mol. The Balaban J connectivity index is 2.05. The third-order valence-corrected chi connectivity index (χ3v) is 3.80. The highest BCUT2D eigenvalue weighted by molar-refractivity contribution is 6.06. The summed E-state index contributed by atoms with van der Waals surface area (Å²) in [5, 5.41) is 4.66. The molecule has 19 heavy (non-hydrogen) atoms. The maximum Gasteiger partial charge on any atom is 0.401 e. The average Bonchev–Trinajstić information content (AvgIpc) is 2.51. The SMILES string of the molecule is CC1(C2CCCN(CC(F)(F)F)C2)NC(=O)NC1=O. The lowest BCUT2D eigenvalue weighted by molar-refractivity contribution is -0.151. The van der Waals surface area contributed by atoms with E-state index in [0.717, 1.165) is 0 Å². The number of nitrogens with one attached hydrogen (secondary N) is 2. The van der Waals surface area contributed by atoms with Crippen molar-refractivity contribution in [2.24, 2.45) is 5.92 Å². The molecule has 2 aliphatic rings. The van der Waals surface area contributed by atoms with Crippen molar-refractivity contribution in [3.8, 4) is 0 Å². The highest BCUT2D eigenvalue weighted by atomic mass is 19.4. The second-order valence-corrected chi connectivity index (χ2v) is 5.30. The first kappa shape index (κ1) is 14.1. The number of hydrogen-bond donors (Lipinski definition) is 2. The molecule has 0 bridgehead atoms. The molecule has 108 valence electrons. The summed E-state index contributed by atoms with van der Waals surface area (Å²) in [6.45, 7) is 1.11. The van der Waals surface area contributed by atoms with Crippen molar-refractivity contribution < 1.29 is 22.8 Å². The molecule has 0 aliphatic carbocycles. The molecule has 2 rings (SSSR count). The maximum atomic E-state index is 12.4. The molecule has 2 fully saturated rings. The number of amides is 3. The van der Waals surface area contributed by atoms with Gasteiger partial charge in [0.2, 0.25) is 0 Å². The smallest absolute Gasteiger partial charge is 0.323 e. The standard InChI is InChI=1S/C11H16F3N3O2/c1-10(8(18)15-9(19)16-10)7-3-2-4-17(5-7)6-11(12,13)14/h7H,2-6H2,1H3,(H2,15,16,18,19). The van der Waals surface area contributed by atoms with Crippen LogP contribution in [0.5, 0.6) is 0 Å². The number of carbonyl (C=O) groups is 2. The lowest BCUT2D eigenvalue weighted by Crippen LogP contribution is -2.56. The van der Waals surface area contributed by atoms with Gasteiger partial charge in [-0.05, 0) is 26.3 Å². The van der Waals surface area contributed by atoms with Gasteiger partial charge >= 0.3 is 12.2 Å². The number of piperidine rings is 1. The first-order valence-corrected chi connectivity index (χ1v) is 6.13. The number of alkyl halides is 3. The van der Waals surface area contributed by atoms with Gasteiger partial charge in [0, 0.05) is 12.5 Å². The van der Waals surface area contributed by atoms with Crippen LogP contribution >= 0.6 is 0 Å². The fourth-order valence-corrected chi connectivity index (χ4v) is 2.77. The van der Waals surface area contributed by atoms with E-state index < -0.39 is 30.2 Å². The summed E-state index contributed by atoms with van der Waals surface area (Å²) in [6.07, 6.45) is -3.04. The van der Waals surface area contributed by atoms with Crippen LogP contribution < -0.4 is 10.6 Å². The molecule has 0 radical (unpaired) electrons. The Bertz CT molecular complexity index is 399. The minimum atomic E-state index is -4.25. The number of halogens is 3. The van der Waals surface area contributed by atoms with Gasteiger partial charge in [-0.15, -0.1) is 0 Å². The van der Waals surface area contributed by atoms with E-state index in [1.807, 2.05) is 0 Å². The van der Waals surface area contributed by atoms with Gasteiger partial charge < -0.3 is 5.32 Å². The van der Waals surface area contributed by atoms with E-state index in [0.29, 0.717) is 19.4 Å². The Kier molecular flexibility index (Phi) is 3.46. The van der Waals surface area contributed by atoms with Gasteiger partial charge in [-0.3, -0.25) is 15.0 Å². The Morgan fingerprint density at radius 1 is 1.42 bits per heavy atom. The number of imide groups is 1. The van der Waals surface area contributed by atoms with Crippen LogP contribution in [0.2, 0.25) is 0 Å². The van der Waals surface area contributed by atoms with Gasteiger partial charge in [-0.2, -0.15) is 13.2 Å². The van der Waals surface area contributed by atoms with Crippen LogP contribution in [0.15, 0.2) is 0 Å². The first-order chi connectivity index (χ1) is 8.71. The Morgan fingerprint density at radius 3 is 2.63 bits per heavy atom.